The minimum atomic E-state index is -0.786. The van der Waals surface area contributed by atoms with Crippen molar-refractivity contribution in [2.75, 3.05) is 13.2 Å². The van der Waals surface area contributed by atoms with Gasteiger partial charge in [-0.05, 0) is 89.9 Å². The summed E-state index contributed by atoms with van der Waals surface area (Å²) in [5.41, 5.74) is 0. The molecule has 0 radical (unpaired) electrons. The maximum atomic E-state index is 12.9. The van der Waals surface area contributed by atoms with Gasteiger partial charge in [0.1, 0.15) is 13.2 Å². The van der Waals surface area contributed by atoms with E-state index in [2.05, 4.69) is 93.7 Å². The van der Waals surface area contributed by atoms with E-state index in [0.29, 0.717) is 19.3 Å². The Morgan fingerprint density at radius 2 is 0.487 bits per heavy atom. The summed E-state index contributed by atoms with van der Waals surface area (Å²) in [7, 11) is 0. The van der Waals surface area contributed by atoms with E-state index in [1.165, 1.54) is 218 Å². The van der Waals surface area contributed by atoms with Crippen LogP contribution in [0.15, 0.2) is 72.9 Å². The van der Waals surface area contributed by atoms with Crippen LogP contribution in [0.2, 0.25) is 0 Å². The molecular weight excluding hydrogens is 985 g/mol. The Kier molecular flexibility index (Phi) is 65.7. The lowest BCUT2D eigenvalue weighted by atomic mass is 10.0. The molecule has 6 heteroatoms. The van der Waals surface area contributed by atoms with Crippen LogP contribution in [0.5, 0.6) is 0 Å². The van der Waals surface area contributed by atoms with Gasteiger partial charge in [0.05, 0.1) is 0 Å². The number of allylic oxidation sites excluding steroid dienone is 12. The molecule has 0 bridgehead atoms. The Hall–Kier alpha value is -3.15. The van der Waals surface area contributed by atoms with Gasteiger partial charge in [-0.25, -0.2) is 0 Å². The van der Waals surface area contributed by atoms with Crippen molar-refractivity contribution >= 4 is 17.9 Å². The molecule has 0 N–H and O–H groups in total. The normalized spacial score (nSPS) is 12.5. The number of carbonyl (C=O) groups is 3. The summed E-state index contributed by atoms with van der Waals surface area (Å²) in [6, 6.07) is 0. The number of rotatable bonds is 64. The second kappa shape index (κ2) is 68.3. The minimum absolute atomic E-state index is 0.0793. The molecule has 6 nitrogen and oxygen atoms in total. The fourth-order valence-electron chi connectivity index (χ4n) is 10.2. The first-order chi connectivity index (χ1) is 39.5. The molecule has 0 aliphatic carbocycles. The highest BCUT2D eigenvalue weighted by Crippen LogP contribution is 2.18. The molecule has 1 unspecified atom stereocenters. The zero-order valence-corrected chi connectivity index (χ0v) is 53.3. The smallest absolute Gasteiger partial charge is 0.306 e. The number of unbranched alkanes of at least 4 members (excludes halogenated alkanes) is 41. The van der Waals surface area contributed by atoms with Gasteiger partial charge in [0.15, 0.2) is 6.10 Å². The summed E-state index contributed by atoms with van der Waals surface area (Å²) in [5, 5.41) is 0. The maximum Gasteiger partial charge on any atom is 0.306 e. The minimum Gasteiger partial charge on any atom is -0.462 e. The molecule has 0 spiro atoms. The molecule has 0 aromatic carbocycles. The summed E-state index contributed by atoms with van der Waals surface area (Å²) >= 11 is 0. The first kappa shape index (κ1) is 76.9. The first-order valence-corrected chi connectivity index (χ1v) is 34.9. The molecule has 0 amide bonds. The average molecular weight is 1120 g/mol. The van der Waals surface area contributed by atoms with Gasteiger partial charge in [0, 0.05) is 19.3 Å². The van der Waals surface area contributed by atoms with E-state index in [1.54, 1.807) is 0 Å². The Morgan fingerprint density at radius 1 is 0.263 bits per heavy atom. The van der Waals surface area contributed by atoms with E-state index in [9.17, 15) is 14.4 Å². The lowest BCUT2D eigenvalue weighted by molar-refractivity contribution is -0.167. The third-order valence-corrected chi connectivity index (χ3v) is 15.4. The molecule has 464 valence electrons. The molecule has 1 atom stereocenters. The molecular formula is C74H132O6. The maximum absolute atomic E-state index is 12.9. The van der Waals surface area contributed by atoms with Gasteiger partial charge < -0.3 is 14.2 Å². The van der Waals surface area contributed by atoms with Crippen LogP contribution in [-0.2, 0) is 28.6 Å². The van der Waals surface area contributed by atoms with Gasteiger partial charge >= 0.3 is 17.9 Å². The third kappa shape index (κ3) is 65.7. The van der Waals surface area contributed by atoms with Crippen LogP contribution in [-0.4, -0.2) is 37.2 Å². The summed E-state index contributed by atoms with van der Waals surface area (Å²) in [6.45, 7) is 6.55. The number of hydrogen-bond donors (Lipinski definition) is 0. The van der Waals surface area contributed by atoms with Gasteiger partial charge in [-0.2, -0.15) is 0 Å². The van der Waals surface area contributed by atoms with Crippen LogP contribution in [0.3, 0.4) is 0 Å². The van der Waals surface area contributed by atoms with Crippen molar-refractivity contribution in [1.29, 1.82) is 0 Å². The molecule has 0 aliphatic rings. The van der Waals surface area contributed by atoms with Gasteiger partial charge in [0.2, 0.25) is 0 Å². The van der Waals surface area contributed by atoms with Crippen molar-refractivity contribution in [2.24, 2.45) is 0 Å². The molecule has 0 fully saturated rings. The second-order valence-corrected chi connectivity index (χ2v) is 23.4. The first-order valence-electron chi connectivity index (χ1n) is 34.9. The molecule has 0 aromatic rings. The molecule has 0 saturated heterocycles. The summed E-state index contributed by atoms with van der Waals surface area (Å²) in [5.74, 6) is -0.876. The number of ether oxygens (including phenoxy) is 3. The monoisotopic (exact) mass is 1120 g/mol. The molecule has 80 heavy (non-hydrogen) atoms. The third-order valence-electron chi connectivity index (χ3n) is 15.4. The highest BCUT2D eigenvalue weighted by molar-refractivity contribution is 5.71. The number of hydrogen-bond acceptors (Lipinski definition) is 6. The van der Waals surface area contributed by atoms with E-state index in [4.69, 9.17) is 14.2 Å². The second-order valence-electron chi connectivity index (χ2n) is 23.4. The highest BCUT2D eigenvalue weighted by atomic mass is 16.6. The number of esters is 3. The van der Waals surface area contributed by atoms with E-state index in [-0.39, 0.29) is 31.1 Å². The van der Waals surface area contributed by atoms with Crippen molar-refractivity contribution in [3.63, 3.8) is 0 Å². The average Bonchev–Trinajstić information content (AvgIpc) is 3.46. The van der Waals surface area contributed by atoms with E-state index >= 15 is 0 Å². The summed E-state index contributed by atoms with van der Waals surface area (Å²) in [6.07, 6.45) is 89.2. The van der Waals surface area contributed by atoms with Crippen LogP contribution in [0.25, 0.3) is 0 Å². The predicted octanol–water partition coefficient (Wildman–Crippen LogP) is 24.1. The Balaban J connectivity index is 4.34. The summed E-state index contributed by atoms with van der Waals surface area (Å²) < 4.78 is 17.0. The Labute approximate surface area is 497 Å². The molecule has 0 aliphatic heterocycles. The molecule has 0 saturated carbocycles. The van der Waals surface area contributed by atoms with Gasteiger partial charge in [-0.15, -0.1) is 0 Å². The zero-order chi connectivity index (χ0) is 57.8. The van der Waals surface area contributed by atoms with Crippen molar-refractivity contribution in [2.45, 2.75) is 367 Å². The van der Waals surface area contributed by atoms with Gasteiger partial charge in [-0.1, -0.05) is 325 Å². The van der Waals surface area contributed by atoms with Crippen LogP contribution >= 0.6 is 0 Å². The fraction of sp³-hybridized carbons (Fsp3) is 0.797. The standard InChI is InChI=1S/C74H132O6/c1-4-7-10-13-16-19-22-25-28-31-34-35-36-37-38-41-43-46-49-52-55-58-61-64-67-73(76)79-70-71(80-74(77)68-65-62-59-56-53-50-47-44-40-33-30-27-24-21-18-15-12-9-6-3)69-78-72(75)66-63-60-57-54-51-48-45-42-39-32-29-26-23-20-17-14-11-8-5-2/h9,12,17-18,20-21,26-27,29-30,40,44,71H,4-8,10-11,13-16,19,22-25,28,31-39,41-43,45-70H2,1-3H3/b12-9-,20-17-,21-18-,29-26-,30-27-,44-40-. The van der Waals surface area contributed by atoms with Crippen LogP contribution in [0.1, 0.15) is 361 Å². The van der Waals surface area contributed by atoms with Crippen LogP contribution in [0, 0.1) is 0 Å². The largest absolute Gasteiger partial charge is 0.462 e. The Bertz CT molecular complexity index is 1470. The van der Waals surface area contributed by atoms with Gasteiger partial charge in [0.25, 0.3) is 0 Å². The SMILES string of the molecule is CC/C=C\C/C=C\C/C=C\C/C=C\CCCCCCCCC(=O)OC(COC(=O)CCCCCCCCCCC/C=C\C/C=C\CCCCC)COC(=O)CCCCCCCCCCCCCCCCCCCCCCCCCC. The van der Waals surface area contributed by atoms with Crippen molar-refractivity contribution in [3.05, 3.63) is 72.9 Å². The van der Waals surface area contributed by atoms with Crippen LogP contribution in [0.4, 0.5) is 0 Å². The predicted molar refractivity (Wildman–Crippen MR) is 348 cm³/mol. The fourth-order valence-corrected chi connectivity index (χ4v) is 10.2. The lowest BCUT2D eigenvalue weighted by Crippen LogP contribution is -2.30. The highest BCUT2D eigenvalue weighted by Gasteiger charge is 2.19. The Morgan fingerprint density at radius 3 is 0.787 bits per heavy atom. The van der Waals surface area contributed by atoms with Crippen molar-refractivity contribution in [3.8, 4) is 0 Å². The molecule has 0 rings (SSSR count). The van der Waals surface area contributed by atoms with Crippen molar-refractivity contribution < 1.29 is 28.6 Å². The zero-order valence-electron chi connectivity index (χ0n) is 53.3. The lowest BCUT2D eigenvalue weighted by Gasteiger charge is -2.18. The topological polar surface area (TPSA) is 78.9 Å². The van der Waals surface area contributed by atoms with Gasteiger partial charge in [-0.3, -0.25) is 14.4 Å². The molecule has 0 heterocycles. The van der Waals surface area contributed by atoms with E-state index in [1.807, 2.05) is 0 Å². The van der Waals surface area contributed by atoms with Crippen molar-refractivity contribution in [1.82, 2.24) is 0 Å². The summed E-state index contributed by atoms with van der Waals surface area (Å²) in [4.78, 5) is 38.5. The van der Waals surface area contributed by atoms with E-state index in [0.717, 1.165) is 103 Å². The quantitative estimate of drug-likeness (QED) is 0.0261. The number of carbonyl (C=O) groups excluding carboxylic acids is 3. The van der Waals surface area contributed by atoms with Crippen LogP contribution < -0.4 is 0 Å². The molecule has 0 aromatic heterocycles. The van der Waals surface area contributed by atoms with E-state index < -0.39 is 6.10 Å².